The molecule has 6 rings (SSSR count). The van der Waals surface area contributed by atoms with Crippen molar-refractivity contribution in [3.63, 3.8) is 0 Å². The number of carbonyl (C=O) groups is 1. The Morgan fingerprint density at radius 1 is 1.14 bits per heavy atom. The molecule has 8 heteroatoms. The lowest BCUT2D eigenvalue weighted by Crippen LogP contribution is -2.58. The molecule has 1 spiro atoms. The van der Waals surface area contributed by atoms with Crippen molar-refractivity contribution in [3.05, 3.63) is 81.9 Å². The van der Waals surface area contributed by atoms with Crippen LogP contribution in [0.25, 0.3) is 22.6 Å². The van der Waals surface area contributed by atoms with Crippen LogP contribution in [0.2, 0.25) is 0 Å². The first-order valence-corrected chi connectivity index (χ1v) is 12.4. The summed E-state index contributed by atoms with van der Waals surface area (Å²) >= 11 is 0. The molecule has 2 aliphatic rings. The lowest BCUT2D eigenvalue weighted by molar-refractivity contribution is 0.000361. The molecule has 4 aromatic rings. The van der Waals surface area contributed by atoms with Crippen molar-refractivity contribution in [1.82, 2.24) is 24.4 Å². The van der Waals surface area contributed by atoms with Crippen molar-refractivity contribution < 1.29 is 9.53 Å². The standard InChI is InChI=1S/C28H29N5O3/c1-18(2)21-5-3-4-6-22(21)24-29-13-23-25(31-24)33(27(35)30-23)14-19-7-9-20(10-8-19)26(34)32-15-28(16-32)11-12-36-17-28/h3-10,13,18H,11-12,14-17H2,1-2H3,(H,30,35). The summed E-state index contributed by atoms with van der Waals surface area (Å²) in [7, 11) is 0. The lowest BCUT2D eigenvalue weighted by atomic mass is 9.79. The summed E-state index contributed by atoms with van der Waals surface area (Å²) in [5.41, 5.74) is 4.80. The molecule has 1 amide bonds. The number of rotatable bonds is 5. The van der Waals surface area contributed by atoms with Crippen molar-refractivity contribution in [1.29, 1.82) is 0 Å². The van der Waals surface area contributed by atoms with E-state index in [9.17, 15) is 9.59 Å². The van der Waals surface area contributed by atoms with Crippen molar-refractivity contribution >= 4 is 17.1 Å². The monoisotopic (exact) mass is 483 g/mol. The summed E-state index contributed by atoms with van der Waals surface area (Å²) in [6.07, 6.45) is 2.70. The number of nitrogens with one attached hydrogen (secondary N) is 1. The van der Waals surface area contributed by atoms with Crippen LogP contribution < -0.4 is 5.69 Å². The summed E-state index contributed by atoms with van der Waals surface area (Å²) in [5.74, 6) is 0.966. The van der Waals surface area contributed by atoms with E-state index >= 15 is 0 Å². The Balaban J connectivity index is 1.24. The van der Waals surface area contributed by atoms with Gasteiger partial charge < -0.3 is 14.6 Å². The fourth-order valence-electron chi connectivity index (χ4n) is 5.35. The second-order valence-corrected chi connectivity index (χ2v) is 10.3. The number of fused-ring (bicyclic) bond motifs is 1. The first-order valence-electron chi connectivity index (χ1n) is 12.4. The summed E-state index contributed by atoms with van der Waals surface area (Å²) in [5, 5.41) is 0. The molecule has 2 aliphatic heterocycles. The van der Waals surface area contributed by atoms with E-state index in [0.717, 1.165) is 49.4 Å². The highest BCUT2D eigenvalue weighted by Gasteiger charge is 2.47. The maximum atomic E-state index is 12.9. The zero-order chi connectivity index (χ0) is 24.9. The smallest absolute Gasteiger partial charge is 0.328 e. The number of aromatic amines is 1. The van der Waals surface area contributed by atoms with E-state index in [4.69, 9.17) is 9.72 Å². The fraction of sp³-hybridized carbons (Fsp3) is 0.357. The molecule has 0 unspecified atom stereocenters. The molecule has 0 saturated carbocycles. The van der Waals surface area contributed by atoms with Gasteiger partial charge in [0.25, 0.3) is 5.91 Å². The molecule has 2 fully saturated rings. The number of imidazole rings is 1. The molecule has 36 heavy (non-hydrogen) atoms. The van der Waals surface area contributed by atoms with Crippen LogP contribution in [0.3, 0.4) is 0 Å². The second kappa shape index (κ2) is 8.71. The van der Waals surface area contributed by atoms with Gasteiger partial charge in [0.15, 0.2) is 11.5 Å². The number of amides is 1. The lowest BCUT2D eigenvalue weighted by Gasteiger charge is -2.47. The molecular weight excluding hydrogens is 454 g/mol. The minimum atomic E-state index is -0.238. The predicted octanol–water partition coefficient (Wildman–Crippen LogP) is 3.82. The van der Waals surface area contributed by atoms with Crippen LogP contribution in [-0.4, -0.2) is 56.6 Å². The van der Waals surface area contributed by atoms with E-state index in [1.807, 2.05) is 47.4 Å². The largest absolute Gasteiger partial charge is 0.381 e. The van der Waals surface area contributed by atoms with Gasteiger partial charge in [-0.1, -0.05) is 50.2 Å². The van der Waals surface area contributed by atoms with Gasteiger partial charge in [-0.05, 0) is 35.6 Å². The van der Waals surface area contributed by atoms with E-state index in [0.29, 0.717) is 35.0 Å². The highest BCUT2D eigenvalue weighted by atomic mass is 16.5. The van der Waals surface area contributed by atoms with Crippen molar-refractivity contribution in [2.45, 2.75) is 32.7 Å². The van der Waals surface area contributed by atoms with Gasteiger partial charge in [0.1, 0.15) is 5.52 Å². The van der Waals surface area contributed by atoms with Gasteiger partial charge in [-0.15, -0.1) is 0 Å². The molecule has 0 aliphatic carbocycles. The summed E-state index contributed by atoms with van der Waals surface area (Å²) < 4.78 is 7.13. The van der Waals surface area contributed by atoms with Gasteiger partial charge >= 0.3 is 5.69 Å². The van der Waals surface area contributed by atoms with Gasteiger partial charge in [-0.25, -0.2) is 14.8 Å². The number of H-pyrrole nitrogens is 1. The van der Waals surface area contributed by atoms with E-state index in [2.05, 4.69) is 29.9 Å². The van der Waals surface area contributed by atoms with Crippen molar-refractivity contribution in [2.75, 3.05) is 26.3 Å². The molecular formula is C28H29N5O3. The van der Waals surface area contributed by atoms with Gasteiger partial charge in [-0.2, -0.15) is 0 Å². The average molecular weight is 484 g/mol. The second-order valence-electron chi connectivity index (χ2n) is 10.3. The van der Waals surface area contributed by atoms with Gasteiger partial charge in [0.2, 0.25) is 0 Å². The third kappa shape index (κ3) is 3.91. The van der Waals surface area contributed by atoms with Crippen LogP contribution in [-0.2, 0) is 11.3 Å². The topological polar surface area (TPSA) is 93.1 Å². The maximum Gasteiger partial charge on any atom is 0.328 e. The normalized spacial score (nSPS) is 16.7. The van der Waals surface area contributed by atoms with E-state index < -0.39 is 0 Å². The molecule has 0 atom stereocenters. The SMILES string of the molecule is CC(C)c1ccccc1-c1ncc2[nH]c(=O)n(Cc3ccc(C(=O)N4CC5(CCOC5)C4)cc3)c2n1. The Kier molecular flexibility index (Phi) is 5.48. The minimum absolute atomic E-state index is 0.0459. The van der Waals surface area contributed by atoms with Crippen LogP contribution in [0.5, 0.6) is 0 Å². The van der Waals surface area contributed by atoms with Gasteiger partial charge in [0, 0.05) is 36.2 Å². The van der Waals surface area contributed by atoms with Gasteiger partial charge in [-0.3, -0.25) is 9.36 Å². The molecule has 4 heterocycles. The van der Waals surface area contributed by atoms with E-state index in [1.165, 1.54) is 0 Å². The molecule has 0 radical (unpaired) electrons. The van der Waals surface area contributed by atoms with E-state index in [1.54, 1.807) is 10.8 Å². The molecule has 1 N–H and O–H groups in total. The average Bonchev–Trinajstić information content (AvgIpc) is 3.48. The molecule has 2 saturated heterocycles. The third-order valence-electron chi connectivity index (χ3n) is 7.40. The quantitative estimate of drug-likeness (QED) is 0.466. The van der Waals surface area contributed by atoms with Crippen LogP contribution in [0.1, 0.15) is 47.7 Å². The number of ether oxygens (including phenoxy) is 1. The molecule has 184 valence electrons. The van der Waals surface area contributed by atoms with E-state index in [-0.39, 0.29) is 17.0 Å². The molecule has 2 aromatic heterocycles. The number of carbonyl (C=O) groups excluding carboxylic acids is 1. The minimum Gasteiger partial charge on any atom is -0.381 e. The third-order valence-corrected chi connectivity index (χ3v) is 7.40. The van der Waals surface area contributed by atoms with Crippen LogP contribution in [0, 0.1) is 5.41 Å². The summed E-state index contributed by atoms with van der Waals surface area (Å²) in [6.45, 7) is 7.70. The number of hydrogen-bond acceptors (Lipinski definition) is 5. The zero-order valence-corrected chi connectivity index (χ0v) is 20.5. The van der Waals surface area contributed by atoms with Crippen LogP contribution >= 0.6 is 0 Å². The Labute approximate surface area is 209 Å². The Hall–Kier alpha value is -3.78. The Morgan fingerprint density at radius 3 is 2.64 bits per heavy atom. The number of nitrogens with zero attached hydrogens (tertiary/aromatic N) is 4. The molecule has 0 bridgehead atoms. The summed E-state index contributed by atoms with van der Waals surface area (Å²) in [6, 6.07) is 15.6. The number of aromatic nitrogens is 4. The number of likely N-dealkylation sites (tertiary alicyclic amines) is 1. The fourth-order valence-corrected chi connectivity index (χ4v) is 5.35. The van der Waals surface area contributed by atoms with Crippen LogP contribution in [0.15, 0.2) is 59.5 Å². The Morgan fingerprint density at radius 2 is 1.92 bits per heavy atom. The van der Waals surface area contributed by atoms with Crippen molar-refractivity contribution in [2.24, 2.45) is 5.41 Å². The molecule has 2 aromatic carbocycles. The number of hydrogen-bond donors (Lipinski definition) is 1. The Bertz CT molecular complexity index is 1490. The highest BCUT2D eigenvalue weighted by molar-refractivity contribution is 5.95. The zero-order valence-electron chi connectivity index (χ0n) is 20.5. The maximum absolute atomic E-state index is 12.9. The molecule has 8 nitrogen and oxygen atoms in total. The number of benzene rings is 2. The van der Waals surface area contributed by atoms with Gasteiger partial charge in [0.05, 0.1) is 19.3 Å². The van der Waals surface area contributed by atoms with Crippen molar-refractivity contribution in [3.8, 4) is 11.4 Å². The van der Waals surface area contributed by atoms with Crippen LogP contribution in [0.4, 0.5) is 0 Å². The first kappa shape index (κ1) is 22.7. The predicted molar refractivity (Wildman–Crippen MR) is 137 cm³/mol. The highest BCUT2D eigenvalue weighted by Crippen LogP contribution is 2.38. The first-order chi connectivity index (χ1) is 17.4. The summed E-state index contributed by atoms with van der Waals surface area (Å²) in [4.78, 5) is 39.7.